The van der Waals surface area contributed by atoms with Crippen LogP contribution in [0.4, 0.5) is 0 Å². The zero-order chi connectivity index (χ0) is 20.5. The van der Waals surface area contributed by atoms with Gasteiger partial charge < -0.3 is 14.5 Å². The van der Waals surface area contributed by atoms with Crippen LogP contribution in [0.3, 0.4) is 0 Å². The molecule has 1 aromatic heterocycles. The summed E-state index contributed by atoms with van der Waals surface area (Å²) >= 11 is 0. The highest BCUT2D eigenvalue weighted by atomic mass is 16.5. The Morgan fingerprint density at radius 3 is 2.73 bits per heavy atom. The van der Waals surface area contributed by atoms with E-state index in [1.165, 1.54) is 5.57 Å². The Balaban J connectivity index is 1.35. The molecule has 1 saturated carbocycles. The summed E-state index contributed by atoms with van der Waals surface area (Å²) in [5.41, 5.74) is 2.76. The standard InChI is InChI=1S/C23H24N4O3/c28-22(17-2-3-17)26-10-6-16(7-11-26)18-4-5-20-19(14-18)23(29)27(12-13-30-20)15-21-24-8-1-9-25-21/h1,4-6,8-9,14,17H,2-3,7,10-13,15H2. The summed E-state index contributed by atoms with van der Waals surface area (Å²) in [4.78, 5) is 37.6. The van der Waals surface area contributed by atoms with Crippen molar-refractivity contribution >= 4 is 17.4 Å². The first-order valence-electron chi connectivity index (χ1n) is 10.5. The minimum Gasteiger partial charge on any atom is -0.491 e. The molecule has 0 unspecified atom stereocenters. The Morgan fingerprint density at radius 1 is 1.17 bits per heavy atom. The van der Waals surface area contributed by atoms with Crippen LogP contribution < -0.4 is 4.74 Å². The Morgan fingerprint density at radius 2 is 2.00 bits per heavy atom. The third kappa shape index (κ3) is 3.79. The van der Waals surface area contributed by atoms with E-state index in [4.69, 9.17) is 4.74 Å². The molecule has 1 fully saturated rings. The number of carbonyl (C=O) groups excluding carboxylic acids is 2. The van der Waals surface area contributed by atoms with Gasteiger partial charge in [-0.05, 0) is 48.6 Å². The van der Waals surface area contributed by atoms with Crippen molar-refractivity contribution in [1.29, 1.82) is 0 Å². The third-order valence-electron chi connectivity index (χ3n) is 5.89. The molecule has 2 amide bonds. The SMILES string of the molecule is O=C1c2cc(C3=CCN(C(=O)C4CC4)CC3)ccc2OCCN1Cc1ncccn1. The van der Waals surface area contributed by atoms with Gasteiger partial charge in [0, 0.05) is 31.4 Å². The maximum Gasteiger partial charge on any atom is 0.258 e. The van der Waals surface area contributed by atoms with Crippen molar-refractivity contribution in [2.75, 3.05) is 26.2 Å². The molecule has 0 saturated heterocycles. The Kier molecular flexibility index (Phi) is 4.94. The summed E-state index contributed by atoms with van der Waals surface area (Å²) in [6.07, 6.45) is 8.34. The summed E-state index contributed by atoms with van der Waals surface area (Å²) in [5.74, 6) is 1.69. The van der Waals surface area contributed by atoms with E-state index in [0.29, 0.717) is 43.4 Å². The largest absolute Gasteiger partial charge is 0.491 e. The lowest BCUT2D eigenvalue weighted by molar-refractivity contribution is -0.132. The number of fused-ring (bicyclic) bond motifs is 1. The highest BCUT2D eigenvalue weighted by Crippen LogP contribution is 2.34. The molecule has 3 heterocycles. The molecule has 0 spiro atoms. The van der Waals surface area contributed by atoms with E-state index in [2.05, 4.69) is 16.0 Å². The molecule has 154 valence electrons. The second kappa shape index (κ2) is 7.89. The van der Waals surface area contributed by atoms with Gasteiger partial charge in [-0.1, -0.05) is 12.1 Å². The zero-order valence-corrected chi connectivity index (χ0v) is 16.8. The molecule has 30 heavy (non-hydrogen) atoms. The highest BCUT2D eigenvalue weighted by Gasteiger charge is 2.34. The molecule has 5 rings (SSSR count). The minimum atomic E-state index is -0.0706. The number of aromatic nitrogens is 2. The molecular formula is C23H24N4O3. The lowest BCUT2D eigenvalue weighted by Crippen LogP contribution is -2.35. The van der Waals surface area contributed by atoms with Crippen molar-refractivity contribution < 1.29 is 14.3 Å². The second-order valence-corrected chi connectivity index (χ2v) is 7.99. The van der Waals surface area contributed by atoms with Crippen LogP contribution in [0.15, 0.2) is 42.7 Å². The maximum atomic E-state index is 13.2. The lowest BCUT2D eigenvalue weighted by Gasteiger charge is -2.27. The van der Waals surface area contributed by atoms with E-state index in [1.54, 1.807) is 23.4 Å². The maximum absolute atomic E-state index is 13.2. The van der Waals surface area contributed by atoms with Gasteiger partial charge in [0.1, 0.15) is 18.2 Å². The number of hydrogen-bond donors (Lipinski definition) is 0. The van der Waals surface area contributed by atoms with Crippen molar-refractivity contribution in [3.8, 4) is 5.75 Å². The van der Waals surface area contributed by atoms with Gasteiger partial charge in [-0.25, -0.2) is 9.97 Å². The van der Waals surface area contributed by atoms with Crippen molar-refractivity contribution in [3.63, 3.8) is 0 Å². The molecule has 2 aromatic rings. The average molecular weight is 404 g/mol. The van der Waals surface area contributed by atoms with Crippen LogP contribution in [-0.4, -0.2) is 57.8 Å². The van der Waals surface area contributed by atoms with Gasteiger partial charge in [-0.2, -0.15) is 0 Å². The van der Waals surface area contributed by atoms with Crippen LogP contribution in [0.25, 0.3) is 5.57 Å². The van der Waals surface area contributed by atoms with Crippen LogP contribution in [0.1, 0.15) is 41.0 Å². The van der Waals surface area contributed by atoms with Crippen molar-refractivity contribution in [3.05, 3.63) is 59.7 Å². The monoisotopic (exact) mass is 404 g/mol. The molecule has 0 N–H and O–H groups in total. The number of benzene rings is 1. The summed E-state index contributed by atoms with van der Waals surface area (Å²) < 4.78 is 5.84. The van der Waals surface area contributed by atoms with E-state index in [-0.39, 0.29) is 17.7 Å². The molecule has 7 heteroatoms. The summed E-state index contributed by atoms with van der Waals surface area (Å²) in [6, 6.07) is 7.57. The number of hydrogen-bond acceptors (Lipinski definition) is 5. The van der Waals surface area contributed by atoms with Crippen LogP contribution in [0.5, 0.6) is 5.75 Å². The number of carbonyl (C=O) groups is 2. The molecule has 7 nitrogen and oxygen atoms in total. The minimum absolute atomic E-state index is 0.0706. The first-order valence-corrected chi connectivity index (χ1v) is 10.5. The fraction of sp³-hybridized carbons (Fsp3) is 0.391. The molecule has 1 aliphatic carbocycles. The van der Waals surface area contributed by atoms with Crippen molar-refractivity contribution in [1.82, 2.24) is 19.8 Å². The van der Waals surface area contributed by atoms with E-state index in [9.17, 15) is 9.59 Å². The van der Waals surface area contributed by atoms with Gasteiger partial charge in [0.05, 0.1) is 18.7 Å². The highest BCUT2D eigenvalue weighted by molar-refractivity contribution is 5.98. The predicted octanol–water partition coefficient (Wildman–Crippen LogP) is 2.54. The quantitative estimate of drug-likeness (QED) is 0.783. The van der Waals surface area contributed by atoms with E-state index in [0.717, 1.165) is 31.4 Å². The van der Waals surface area contributed by atoms with Gasteiger partial charge in [0.2, 0.25) is 5.91 Å². The number of ether oxygens (including phenoxy) is 1. The summed E-state index contributed by atoms with van der Waals surface area (Å²) in [7, 11) is 0. The fourth-order valence-electron chi connectivity index (χ4n) is 4.01. The summed E-state index contributed by atoms with van der Waals surface area (Å²) in [6.45, 7) is 2.66. The molecule has 0 radical (unpaired) electrons. The molecule has 1 aromatic carbocycles. The molecule has 3 aliphatic rings. The Hall–Kier alpha value is -3.22. The Labute approximate surface area is 175 Å². The van der Waals surface area contributed by atoms with Gasteiger partial charge in [0.15, 0.2) is 0 Å². The first-order chi connectivity index (χ1) is 14.7. The van der Waals surface area contributed by atoms with Gasteiger partial charge in [-0.3, -0.25) is 9.59 Å². The number of rotatable bonds is 4. The van der Waals surface area contributed by atoms with Crippen LogP contribution in [0.2, 0.25) is 0 Å². The van der Waals surface area contributed by atoms with Gasteiger partial charge in [-0.15, -0.1) is 0 Å². The molecular weight excluding hydrogens is 380 g/mol. The van der Waals surface area contributed by atoms with Crippen LogP contribution >= 0.6 is 0 Å². The Bertz CT molecular complexity index is 1000. The smallest absolute Gasteiger partial charge is 0.258 e. The topological polar surface area (TPSA) is 75.6 Å². The second-order valence-electron chi connectivity index (χ2n) is 7.99. The van der Waals surface area contributed by atoms with Gasteiger partial charge in [0.25, 0.3) is 5.91 Å². The van der Waals surface area contributed by atoms with Crippen LogP contribution in [-0.2, 0) is 11.3 Å². The predicted molar refractivity (Wildman–Crippen MR) is 111 cm³/mol. The van der Waals surface area contributed by atoms with E-state index < -0.39 is 0 Å². The fourth-order valence-corrected chi connectivity index (χ4v) is 4.01. The summed E-state index contributed by atoms with van der Waals surface area (Å²) in [5, 5.41) is 0. The first kappa shape index (κ1) is 18.8. The van der Waals surface area contributed by atoms with Crippen molar-refractivity contribution in [2.24, 2.45) is 5.92 Å². The van der Waals surface area contributed by atoms with E-state index >= 15 is 0 Å². The number of amides is 2. The van der Waals surface area contributed by atoms with Gasteiger partial charge >= 0.3 is 0 Å². The third-order valence-corrected chi connectivity index (χ3v) is 5.89. The normalized spacial score (nSPS) is 18.9. The molecule has 0 atom stereocenters. The van der Waals surface area contributed by atoms with E-state index in [1.807, 2.05) is 23.1 Å². The number of nitrogens with zero attached hydrogens (tertiary/aromatic N) is 4. The zero-order valence-electron chi connectivity index (χ0n) is 16.8. The lowest BCUT2D eigenvalue weighted by atomic mass is 9.96. The average Bonchev–Trinajstić information content (AvgIpc) is 3.64. The van der Waals surface area contributed by atoms with Crippen LogP contribution in [0, 0.1) is 5.92 Å². The van der Waals surface area contributed by atoms with Crippen molar-refractivity contribution in [2.45, 2.75) is 25.8 Å². The molecule has 0 bridgehead atoms. The molecule has 2 aliphatic heterocycles.